The van der Waals surface area contributed by atoms with Crippen LogP contribution in [-0.2, 0) is 11.5 Å². The molecule has 234 valence electrons. The summed E-state index contributed by atoms with van der Waals surface area (Å²) in [5.74, 6) is 0.999. The summed E-state index contributed by atoms with van der Waals surface area (Å²) < 4.78 is 9.25. The number of aromatic amines is 1. The van der Waals surface area contributed by atoms with Crippen LogP contribution in [0.4, 0.5) is 11.6 Å². The van der Waals surface area contributed by atoms with E-state index in [9.17, 15) is 4.79 Å². The molecule has 10 nitrogen and oxygen atoms in total. The fourth-order valence-corrected chi connectivity index (χ4v) is 6.64. The number of ether oxygens (including phenoxy) is 1. The Morgan fingerprint density at radius 2 is 1.78 bits per heavy atom. The van der Waals surface area contributed by atoms with E-state index in [1.807, 2.05) is 48.7 Å². The average Bonchev–Trinajstić information content (AvgIpc) is 3.68. The van der Waals surface area contributed by atoms with Crippen LogP contribution in [-0.4, -0.2) is 49.0 Å². The smallest absolute Gasteiger partial charge is 0.282 e. The highest BCUT2D eigenvalue weighted by Crippen LogP contribution is 2.37. The van der Waals surface area contributed by atoms with Gasteiger partial charge >= 0.3 is 0 Å². The van der Waals surface area contributed by atoms with Gasteiger partial charge in [-0.3, -0.25) is 19.9 Å². The second-order valence-electron chi connectivity index (χ2n) is 13.0. The molecule has 1 aliphatic rings. The predicted octanol–water partition coefficient (Wildman–Crippen LogP) is 7.51. The Morgan fingerprint density at radius 1 is 0.957 bits per heavy atom. The molecule has 0 saturated heterocycles. The zero-order chi connectivity index (χ0) is 31.7. The Balaban J connectivity index is 1.36. The highest BCUT2D eigenvalue weighted by Gasteiger charge is 2.25. The molecule has 2 N–H and O–H groups in total. The Labute approximate surface area is 268 Å². The average molecular weight is 631 g/mol. The second kappa shape index (κ2) is 12.5. The lowest BCUT2D eigenvalue weighted by Crippen LogP contribution is -2.22. The van der Waals surface area contributed by atoms with E-state index in [0.717, 1.165) is 54.1 Å². The molecule has 4 heterocycles. The molecule has 7 rings (SSSR count). The lowest BCUT2D eigenvalue weighted by Gasteiger charge is -2.15. The Morgan fingerprint density at radius 3 is 2.57 bits per heavy atom. The van der Waals surface area contributed by atoms with Gasteiger partial charge < -0.3 is 10.1 Å². The molecular formula is C35H38N8O2Si. The molecule has 0 bridgehead atoms. The van der Waals surface area contributed by atoms with Crippen LogP contribution in [0.5, 0.6) is 0 Å². The van der Waals surface area contributed by atoms with Crippen molar-refractivity contribution < 1.29 is 4.74 Å². The molecule has 6 aromatic rings. The predicted molar refractivity (Wildman–Crippen MR) is 186 cm³/mol. The fraction of sp³-hybridized carbons (Fsp3) is 0.286. The normalized spacial score (nSPS) is 13.8. The van der Waals surface area contributed by atoms with Crippen LogP contribution in [0, 0.1) is 0 Å². The number of H-pyrrole nitrogens is 1. The first-order valence-corrected chi connectivity index (χ1v) is 19.6. The highest BCUT2D eigenvalue weighted by molar-refractivity contribution is 6.76. The quantitative estimate of drug-likeness (QED) is 0.119. The third-order valence-electron chi connectivity index (χ3n) is 8.32. The minimum absolute atomic E-state index is 0.218. The number of fused-ring (bicyclic) bond motifs is 2. The minimum Gasteiger partial charge on any atom is -0.360 e. The number of aromatic nitrogens is 7. The van der Waals surface area contributed by atoms with Crippen LogP contribution in [0.2, 0.25) is 25.7 Å². The van der Waals surface area contributed by atoms with E-state index >= 15 is 0 Å². The summed E-state index contributed by atoms with van der Waals surface area (Å²) in [6, 6.07) is 18.8. The van der Waals surface area contributed by atoms with Crippen LogP contribution in [0.1, 0.15) is 31.2 Å². The molecule has 11 heteroatoms. The maximum Gasteiger partial charge on any atom is 0.282 e. The van der Waals surface area contributed by atoms with Gasteiger partial charge in [0.05, 0.1) is 22.3 Å². The lowest BCUT2D eigenvalue weighted by molar-refractivity contribution is 0.0788. The first-order valence-electron chi connectivity index (χ1n) is 15.9. The van der Waals surface area contributed by atoms with E-state index in [2.05, 4.69) is 58.2 Å². The summed E-state index contributed by atoms with van der Waals surface area (Å²) >= 11 is 0. The standard InChI is InChI=1S/C35H38N8O2Si/c1-46(2,3)21-20-45-23-42-19-16-29(40-42)38-33-31(26-14-15-27-28(22-26)37-18-17-36-27)35(44)43-34(39-33)30(24-10-6-4-7-11-24)32(41-43)25-12-8-5-9-13-25/h5,8-10,12-19,22,41H,4,6-7,11,20-21,23H2,1-3H3,(H,38,40). The van der Waals surface area contributed by atoms with Crippen molar-refractivity contribution in [2.24, 2.45) is 0 Å². The van der Waals surface area contributed by atoms with Gasteiger partial charge in [-0.25, -0.2) is 9.67 Å². The molecule has 0 saturated carbocycles. The van der Waals surface area contributed by atoms with Crippen molar-refractivity contribution in [3.8, 4) is 22.4 Å². The summed E-state index contributed by atoms with van der Waals surface area (Å²) in [4.78, 5) is 28.7. The van der Waals surface area contributed by atoms with Crippen LogP contribution in [0.25, 0.3) is 44.6 Å². The van der Waals surface area contributed by atoms with Crippen molar-refractivity contribution in [1.29, 1.82) is 0 Å². The van der Waals surface area contributed by atoms with Gasteiger partial charge in [0.2, 0.25) is 0 Å². The molecule has 0 radical (unpaired) electrons. The minimum atomic E-state index is -1.18. The van der Waals surface area contributed by atoms with Crippen LogP contribution in [0.15, 0.2) is 84.1 Å². The number of rotatable bonds is 10. The van der Waals surface area contributed by atoms with Crippen molar-refractivity contribution in [1.82, 2.24) is 34.3 Å². The number of hydrogen-bond donors (Lipinski definition) is 2. The SMILES string of the molecule is C[Si](C)(C)CCOCn1ccc(Nc2nc3c(C4=CCCCC4)c(-c4ccccc4)[nH]n3c(=O)c2-c2ccc3nccnc3c2)n1. The van der Waals surface area contributed by atoms with E-state index < -0.39 is 8.07 Å². The monoisotopic (exact) mass is 630 g/mol. The molecule has 0 aliphatic heterocycles. The van der Waals surface area contributed by atoms with Gasteiger partial charge in [-0.1, -0.05) is 62.1 Å². The zero-order valence-electron chi connectivity index (χ0n) is 26.5. The van der Waals surface area contributed by atoms with Gasteiger partial charge in [0.25, 0.3) is 5.56 Å². The fourth-order valence-electron chi connectivity index (χ4n) is 5.88. The number of allylic oxidation sites excluding steroid dienone is 2. The number of nitrogens with one attached hydrogen (secondary N) is 2. The second-order valence-corrected chi connectivity index (χ2v) is 18.6. The van der Waals surface area contributed by atoms with Crippen molar-refractivity contribution in [2.45, 2.75) is 58.1 Å². The Hall–Kier alpha value is -4.87. The summed E-state index contributed by atoms with van der Waals surface area (Å²) in [6.07, 6.45) is 11.7. The summed E-state index contributed by atoms with van der Waals surface area (Å²) in [7, 11) is -1.18. The van der Waals surface area contributed by atoms with Gasteiger partial charge in [-0.05, 0) is 55.0 Å². The molecule has 4 aromatic heterocycles. The van der Waals surface area contributed by atoms with E-state index in [1.165, 1.54) is 5.57 Å². The van der Waals surface area contributed by atoms with Crippen molar-refractivity contribution in [3.05, 3.63) is 95.2 Å². The maximum atomic E-state index is 14.6. The van der Waals surface area contributed by atoms with E-state index in [4.69, 9.17) is 14.8 Å². The molecule has 2 aromatic carbocycles. The van der Waals surface area contributed by atoms with Crippen molar-refractivity contribution in [3.63, 3.8) is 0 Å². The summed E-state index contributed by atoms with van der Waals surface area (Å²) in [5.41, 5.74) is 6.95. The van der Waals surface area contributed by atoms with Crippen LogP contribution in [0.3, 0.4) is 0 Å². The molecule has 1 aliphatic carbocycles. The Kier molecular flexibility index (Phi) is 8.10. The third kappa shape index (κ3) is 6.16. The van der Waals surface area contributed by atoms with Gasteiger partial charge in [-0.15, -0.1) is 0 Å². The Bertz CT molecular complexity index is 2110. The number of benzene rings is 2. The largest absolute Gasteiger partial charge is 0.360 e. The van der Waals surface area contributed by atoms with Crippen molar-refractivity contribution >= 4 is 42.0 Å². The van der Waals surface area contributed by atoms with Crippen LogP contribution >= 0.6 is 0 Å². The molecular weight excluding hydrogens is 593 g/mol. The first-order chi connectivity index (χ1) is 22.3. The zero-order valence-corrected chi connectivity index (χ0v) is 27.5. The van der Waals surface area contributed by atoms with Crippen LogP contribution < -0.4 is 10.9 Å². The van der Waals surface area contributed by atoms with Gasteiger partial charge in [0.15, 0.2) is 11.5 Å². The lowest BCUT2D eigenvalue weighted by atomic mass is 9.92. The highest BCUT2D eigenvalue weighted by atomic mass is 28.3. The molecule has 0 fully saturated rings. The van der Waals surface area contributed by atoms with Gasteiger partial charge in [0.1, 0.15) is 12.5 Å². The number of hydrogen-bond acceptors (Lipinski definition) is 7. The topological polar surface area (TPSA) is 115 Å². The van der Waals surface area contributed by atoms with Crippen molar-refractivity contribution in [2.75, 3.05) is 11.9 Å². The number of nitrogens with zero attached hydrogens (tertiary/aromatic N) is 6. The summed E-state index contributed by atoms with van der Waals surface area (Å²) in [6.45, 7) is 8.07. The molecule has 46 heavy (non-hydrogen) atoms. The van der Waals surface area contributed by atoms with E-state index in [-0.39, 0.29) is 5.56 Å². The molecule has 0 atom stereocenters. The number of anilines is 2. The van der Waals surface area contributed by atoms with Gasteiger partial charge in [-0.2, -0.15) is 9.61 Å². The maximum absolute atomic E-state index is 14.6. The summed E-state index contributed by atoms with van der Waals surface area (Å²) in [5, 5.41) is 11.5. The van der Waals surface area contributed by atoms with E-state index in [1.54, 1.807) is 21.6 Å². The van der Waals surface area contributed by atoms with Gasteiger partial charge in [0, 0.05) is 50.5 Å². The van der Waals surface area contributed by atoms with E-state index in [0.29, 0.717) is 47.3 Å². The first kappa shape index (κ1) is 29.8. The molecule has 0 spiro atoms. The molecule has 0 unspecified atom stereocenters. The third-order valence-corrected chi connectivity index (χ3v) is 10.0. The molecule has 0 amide bonds.